The first-order chi connectivity index (χ1) is 7.30. The van der Waals surface area contributed by atoms with Crippen LogP contribution in [0.1, 0.15) is 27.2 Å². The zero-order valence-corrected chi connectivity index (χ0v) is 9.86. The van der Waals surface area contributed by atoms with Gasteiger partial charge in [-0.25, -0.2) is 4.79 Å². The average molecular weight is 229 g/mol. The van der Waals surface area contributed by atoms with E-state index in [1.165, 1.54) is 0 Å². The normalized spacial score (nSPS) is 14.8. The van der Waals surface area contributed by atoms with E-state index in [0.29, 0.717) is 0 Å². The summed E-state index contributed by atoms with van der Waals surface area (Å²) in [6, 6.07) is -0.704. The number of aliphatic hydroxyl groups is 2. The Kier molecular flexibility index (Phi) is 5.86. The molecule has 5 nitrogen and oxygen atoms in total. The van der Waals surface area contributed by atoms with Crippen LogP contribution in [0.5, 0.6) is 0 Å². The number of terminal acetylenes is 1. The Morgan fingerprint density at radius 1 is 1.56 bits per heavy atom. The minimum absolute atomic E-state index is 0.171. The molecule has 0 radical (unpaired) electrons. The summed E-state index contributed by atoms with van der Waals surface area (Å²) in [5.74, 6) is 2.09. The van der Waals surface area contributed by atoms with Gasteiger partial charge in [0.25, 0.3) is 0 Å². The molecule has 0 aliphatic heterocycles. The topological polar surface area (TPSA) is 78.8 Å². The molecular weight excluding hydrogens is 210 g/mol. The van der Waals surface area contributed by atoms with Crippen molar-refractivity contribution in [3.05, 3.63) is 0 Å². The summed E-state index contributed by atoms with van der Waals surface area (Å²) in [5, 5.41) is 20.5. The van der Waals surface area contributed by atoms with Gasteiger partial charge >= 0.3 is 6.09 Å². The summed E-state index contributed by atoms with van der Waals surface area (Å²) in [4.78, 5) is 11.4. The monoisotopic (exact) mass is 229 g/mol. The third kappa shape index (κ3) is 6.27. The van der Waals surface area contributed by atoms with E-state index in [2.05, 4.69) is 11.2 Å². The largest absolute Gasteiger partial charge is 0.444 e. The lowest BCUT2D eigenvalue weighted by molar-refractivity contribution is 0.0444. The van der Waals surface area contributed by atoms with E-state index in [1.54, 1.807) is 20.8 Å². The van der Waals surface area contributed by atoms with Crippen molar-refractivity contribution in [2.24, 2.45) is 0 Å². The van der Waals surface area contributed by atoms with Crippen LogP contribution in [0.15, 0.2) is 0 Å². The SMILES string of the molecule is C#C[C@H](O)[C@H](CCO)NC(=O)OC(C)(C)C. The second-order valence-corrected chi connectivity index (χ2v) is 4.38. The first kappa shape index (κ1) is 14.8. The highest BCUT2D eigenvalue weighted by Gasteiger charge is 2.22. The Morgan fingerprint density at radius 2 is 2.12 bits per heavy atom. The molecule has 0 aromatic heterocycles. The fourth-order valence-corrected chi connectivity index (χ4v) is 1.02. The number of carbonyl (C=O) groups excluding carboxylic acids is 1. The van der Waals surface area contributed by atoms with Gasteiger partial charge in [0.05, 0.1) is 6.04 Å². The lowest BCUT2D eigenvalue weighted by atomic mass is 10.1. The third-order valence-electron chi connectivity index (χ3n) is 1.69. The Bertz CT molecular complexity index is 264. The molecule has 16 heavy (non-hydrogen) atoms. The van der Waals surface area contributed by atoms with Crippen molar-refractivity contribution >= 4 is 6.09 Å². The summed E-state index contributed by atoms with van der Waals surface area (Å²) in [7, 11) is 0. The fraction of sp³-hybridized carbons (Fsp3) is 0.727. The zero-order valence-electron chi connectivity index (χ0n) is 9.86. The van der Waals surface area contributed by atoms with Crippen LogP contribution >= 0.6 is 0 Å². The molecular formula is C11H19NO4. The molecule has 1 amide bonds. The molecule has 0 aliphatic rings. The summed E-state index contributed by atoms with van der Waals surface area (Å²) in [5.41, 5.74) is -0.616. The van der Waals surface area contributed by atoms with Crippen LogP contribution in [0.4, 0.5) is 4.79 Å². The maximum atomic E-state index is 11.4. The van der Waals surface area contributed by atoms with E-state index >= 15 is 0 Å². The van der Waals surface area contributed by atoms with Gasteiger partial charge in [-0.05, 0) is 27.2 Å². The highest BCUT2D eigenvalue weighted by Crippen LogP contribution is 2.08. The van der Waals surface area contributed by atoms with Crippen LogP contribution in [0.2, 0.25) is 0 Å². The number of nitrogens with one attached hydrogen (secondary N) is 1. The smallest absolute Gasteiger partial charge is 0.407 e. The van der Waals surface area contributed by atoms with E-state index in [-0.39, 0.29) is 13.0 Å². The number of alkyl carbamates (subject to hydrolysis) is 1. The van der Waals surface area contributed by atoms with Crippen LogP contribution in [0, 0.1) is 12.3 Å². The van der Waals surface area contributed by atoms with Crippen molar-refractivity contribution in [3.8, 4) is 12.3 Å². The minimum Gasteiger partial charge on any atom is -0.444 e. The summed E-state index contributed by atoms with van der Waals surface area (Å²) < 4.78 is 5.00. The quantitative estimate of drug-likeness (QED) is 0.604. The van der Waals surface area contributed by atoms with Crippen molar-refractivity contribution in [1.29, 1.82) is 0 Å². The highest BCUT2D eigenvalue weighted by atomic mass is 16.6. The average Bonchev–Trinajstić information content (AvgIpc) is 2.13. The van der Waals surface area contributed by atoms with Gasteiger partial charge in [0, 0.05) is 6.61 Å². The van der Waals surface area contributed by atoms with Crippen molar-refractivity contribution < 1.29 is 19.7 Å². The predicted molar refractivity (Wildman–Crippen MR) is 59.7 cm³/mol. The van der Waals surface area contributed by atoms with Gasteiger partial charge in [-0.1, -0.05) is 5.92 Å². The first-order valence-corrected chi connectivity index (χ1v) is 5.04. The van der Waals surface area contributed by atoms with E-state index in [4.69, 9.17) is 16.3 Å². The molecule has 3 N–H and O–H groups in total. The molecule has 0 aliphatic carbocycles. The van der Waals surface area contributed by atoms with Gasteiger partial charge in [0.2, 0.25) is 0 Å². The van der Waals surface area contributed by atoms with E-state index in [9.17, 15) is 9.90 Å². The van der Waals surface area contributed by atoms with Crippen LogP contribution in [0.3, 0.4) is 0 Å². The number of ether oxygens (including phenoxy) is 1. The molecule has 0 spiro atoms. The third-order valence-corrected chi connectivity index (χ3v) is 1.69. The summed E-state index contributed by atoms with van der Waals surface area (Å²) >= 11 is 0. The lowest BCUT2D eigenvalue weighted by Gasteiger charge is -2.24. The molecule has 0 bridgehead atoms. The molecule has 0 aromatic carbocycles. The number of aliphatic hydroxyl groups excluding tert-OH is 2. The Balaban J connectivity index is 4.30. The fourth-order valence-electron chi connectivity index (χ4n) is 1.02. The molecule has 0 rings (SSSR count). The Labute approximate surface area is 95.8 Å². The molecule has 0 unspecified atom stereocenters. The number of carbonyl (C=O) groups is 1. The van der Waals surface area contributed by atoms with E-state index in [1.807, 2.05) is 0 Å². The number of amides is 1. The second-order valence-electron chi connectivity index (χ2n) is 4.38. The standard InChI is InChI=1S/C11H19NO4/c1-5-9(14)8(6-7-13)12-10(15)16-11(2,3)4/h1,8-9,13-14H,6-7H2,2-4H3,(H,12,15)/t8-,9-/m0/s1. The van der Waals surface area contributed by atoms with Gasteiger partial charge in [-0.15, -0.1) is 6.42 Å². The highest BCUT2D eigenvalue weighted by molar-refractivity contribution is 5.68. The van der Waals surface area contributed by atoms with Crippen LogP contribution in [-0.4, -0.2) is 40.7 Å². The number of hydrogen-bond acceptors (Lipinski definition) is 4. The number of rotatable bonds is 4. The lowest BCUT2D eigenvalue weighted by Crippen LogP contribution is -2.45. The van der Waals surface area contributed by atoms with Crippen LogP contribution in [-0.2, 0) is 4.74 Å². The maximum Gasteiger partial charge on any atom is 0.407 e. The molecule has 0 heterocycles. The summed E-state index contributed by atoms with van der Waals surface area (Å²) in [6.45, 7) is 5.00. The van der Waals surface area contributed by atoms with Gasteiger partial charge in [-0.2, -0.15) is 0 Å². The Morgan fingerprint density at radius 3 is 2.50 bits per heavy atom. The predicted octanol–water partition coefficient (Wildman–Crippen LogP) is 0.256. The number of hydrogen-bond donors (Lipinski definition) is 3. The second kappa shape index (κ2) is 6.36. The maximum absolute atomic E-state index is 11.4. The van der Waals surface area contributed by atoms with Gasteiger partial charge in [-0.3, -0.25) is 0 Å². The molecule has 0 saturated carbocycles. The van der Waals surface area contributed by atoms with Crippen molar-refractivity contribution in [2.75, 3.05) is 6.61 Å². The van der Waals surface area contributed by atoms with Crippen molar-refractivity contribution in [2.45, 2.75) is 44.9 Å². The van der Waals surface area contributed by atoms with E-state index in [0.717, 1.165) is 0 Å². The molecule has 2 atom stereocenters. The van der Waals surface area contributed by atoms with Crippen molar-refractivity contribution in [3.63, 3.8) is 0 Å². The molecule has 0 aromatic rings. The van der Waals surface area contributed by atoms with Gasteiger partial charge in [0.1, 0.15) is 11.7 Å². The van der Waals surface area contributed by atoms with Crippen LogP contribution in [0.25, 0.3) is 0 Å². The molecule has 5 heteroatoms. The zero-order chi connectivity index (χ0) is 12.8. The Hall–Kier alpha value is -1.25. The van der Waals surface area contributed by atoms with Gasteiger partial charge < -0.3 is 20.3 Å². The van der Waals surface area contributed by atoms with Gasteiger partial charge in [0.15, 0.2) is 0 Å². The first-order valence-electron chi connectivity index (χ1n) is 5.04. The van der Waals surface area contributed by atoms with Crippen molar-refractivity contribution in [1.82, 2.24) is 5.32 Å². The minimum atomic E-state index is -1.14. The molecule has 92 valence electrons. The molecule has 0 saturated heterocycles. The van der Waals surface area contributed by atoms with E-state index < -0.39 is 23.8 Å². The van der Waals surface area contributed by atoms with Crippen LogP contribution < -0.4 is 5.32 Å². The summed E-state index contributed by atoms with van der Waals surface area (Å²) in [6.07, 6.45) is 3.40. The molecule has 0 fully saturated rings.